The SMILES string of the molecule is CN=C(NCCc1csc(C)n1)NCC(C)(C)c1ccccc1F.I. The van der Waals surface area contributed by atoms with E-state index in [0.29, 0.717) is 18.1 Å². The van der Waals surface area contributed by atoms with Crippen LogP contribution in [0.15, 0.2) is 34.6 Å². The van der Waals surface area contributed by atoms with Crippen molar-refractivity contribution in [3.05, 3.63) is 51.7 Å². The van der Waals surface area contributed by atoms with E-state index in [0.717, 1.165) is 23.7 Å². The van der Waals surface area contributed by atoms with Crippen LogP contribution in [-0.2, 0) is 11.8 Å². The zero-order valence-corrected chi connectivity index (χ0v) is 18.2. The largest absolute Gasteiger partial charge is 0.356 e. The molecule has 0 atom stereocenters. The minimum absolute atomic E-state index is 0. The van der Waals surface area contributed by atoms with Crippen LogP contribution in [0.1, 0.15) is 30.1 Å². The molecule has 2 N–H and O–H groups in total. The van der Waals surface area contributed by atoms with Crippen molar-refractivity contribution in [2.45, 2.75) is 32.6 Å². The Labute approximate surface area is 170 Å². The highest BCUT2D eigenvalue weighted by Gasteiger charge is 2.24. The van der Waals surface area contributed by atoms with Crippen molar-refractivity contribution < 1.29 is 4.39 Å². The number of aryl methyl sites for hydroxylation is 1. The maximum Gasteiger partial charge on any atom is 0.191 e. The molecule has 0 amide bonds. The van der Waals surface area contributed by atoms with E-state index in [1.807, 2.05) is 32.9 Å². The molecule has 1 aromatic carbocycles. The maximum absolute atomic E-state index is 14.0. The summed E-state index contributed by atoms with van der Waals surface area (Å²) in [5.74, 6) is 0.539. The Morgan fingerprint density at radius 1 is 1.28 bits per heavy atom. The van der Waals surface area contributed by atoms with Gasteiger partial charge < -0.3 is 10.6 Å². The van der Waals surface area contributed by atoms with Gasteiger partial charge in [0.2, 0.25) is 0 Å². The van der Waals surface area contributed by atoms with Gasteiger partial charge in [0.1, 0.15) is 5.82 Å². The summed E-state index contributed by atoms with van der Waals surface area (Å²) in [6.45, 7) is 7.38. The summed E-state index contributed by atoms with van der Waals surface area (Å²) in [5, 5.41) is 9.72. The van der Waals surface area contributed by atoms with Gasteiger partial charge in [-0.15, -0.1) is 35.3 Å². The van der Waals surface area contributed by atoms with E-state index in [2.05, 4.69) is 26.0 Å². The standard InChI is InChI=1S/C18H25FN4S.HI/c1-13-23-14(11-24-13)9-10-21-17(20-4)22-12-18(2,3)15-7-5-6-8-16(15)19;/h5-8,11H,9-10,12H2,1-4H3,(H2,20,21,22);1H. The molecule has 0 radical (unpaired) electrons. The third-order valence-corrected chi connectivity index (χ3v) is 4.69. The highest BCUT2D eigenvalue weighted by Crippen LogP contribution is 2.24. The monoisotopic (exact) mass is 476 g/mol. The van der Waals surface area contributed by atoms with Crippen LogP contribution < -0.4 is 10.6 Å². The average molecular weight is 476 g/mol. The Morgan fingerprint density at radius 2 is 2.00 bits per heavy atom. The Hall–Kier alpha value is -1.22. The van der Waals surface area contributed by atoms with E-state index < -0.39 is 0 Å². The van der Waals surface area contributed by atoms with Gasteiger partial charge in [-0.1, -0.05) is 32.0 Å². The molecule has 0 bridgehead atoms. The lowest BCUT2D eigenvalue weighted by Gasteiger charge is -2.27. The third kappa shape index (κ3) is 6.54. The number of benzene rings is 1. The van der Waals surface area contributed by atoms with Gasteiger partial charge in [0.25, 0.3) is 0 Å². The third-order valence-electron chi connectivity index (χ3n) is 3.86. The van der Waals surface area contributed by atoms with Crippen molar-refractivity contribution in [1.82, 2.24) is 15.6 Å². The molecule has 0 saturated heterocycles. The van der Waals surface area contributed by atoms with Gasteiger partial charge in [-0.3, -0.25) is 4.99 Å². The summed E-state index contributed by atoms with van der Waals surface area (Å²) in [7, 11) is 1.73. The van der Waals surface area contributed by atoms with Gasteiger partial charge in [-0.05, 0) is 18.6 Å². The number of halogens is 2. The first-order chi connectivity index (χ1) is 11.4. The predicted octanol–water partition coefficient (Wildman–Crippen LogP) is 3.89. The first-order valence-corrected chi connectivity index (χ1v) is 8.91. The lowest BCUT2D eigenvalue weighted by Crippen LogP contribution is -2.44. The molecule has 0 spiro atoms. The van der Waals surface area contributed by atoms with Gasteiger partial charge in [0, 0.05) is 37.4 Å². The number of hydrogen-bond acceptors (Lipinski definition) is 3. The lowest BCUT2D eigenvalue weighted by atomic mass is 9.84. The van der Waals surface area contributed by atoms with Crippen LogP contribution in [0.25, 0.3) is 0 Å². The fraction of sp³-hybridized carbons (Fsp3) is 0.444. The molecular weight excluding hydrogens is 450 g/mol. The molecule has 25 heavy (non-hydrogen) atoms. The number of thiazole rings is 1. The Morgan fingerprint density at radius 3 is 2.60 bits per heavy atom. The first kappa shape index (κ1) is 21.8. The molecule has 4 nitrogen and oxygen atoms in total. The topological polar surface area (TPSA) is 49.3 Å². The van der Waals surface area contributed by atoms with E-state index in [1.54, 1.807) is 24.5 Å². The highest BCUT2D eigenvalue weighted by atomic mass is 127. The number of rotatable bonds is 6. The lowest BCUT2D eigenvalue weighted by molar-refractivity contribution is 0.473. The van der Waals surface area contributed by atoms with Gasteiger partial charge in [0.15, 0.2) is 5.96 Å². The Bertz CT molecular complexity index is 700. The van der Waals surface area contributed by atoms with Crippen molar-refractivity contribution in [3.63, 3.8) is 0 Å². The van der Waals surface area contributed by atoms with Crippen LogP contribution in [0.3, 0.4) is 0 Å². The summed E-state index contributed by atoms with van der Waals surface area (Å²) >= 11 is 1.66. The molecule has 0 aliphatic heterocycles. The van der Waals surface area contributed by atoms with E-state index >= 15 is 0 Å². The van der Waals surface area contributed by atoms with E-state index in [-0.39, 0.29) is 35.2 Å². The molecule has 1 aromatic heterocycles. The number of guanidine groups is 1. The second kappa shape index (κ2) is 10.1. The smallest absolute Gasteiger partial charge is 0.191 e. The number of nitrogens with one attached hydrogen (secondary N) is 2. The second-order valence-electron chi connectivity index (χ2n) is 6.32. The van der Waals surface area contributed by atoms with Crippen LogP contribution in [0.4, 0.5) is 4.39 Å². The first-order valence-electron chi connectivity index (χ1n) is 8.03. The Kier molecular flexibility index (Phi) is 8.78. The molecule has 7 heteroatoms. The molecule has 1 heterocycles. The van der Waals surface area contributed by atoms with E-state index in [4.69, 9.17) is 0 Å². The van der Waals surface area contributed by atoms with Crippen LogP contribution >= 0.6 is 35.3 Å². The van der Waals surface area contributed by atoms with Gasteiger partial charge >= 0.3 is 0 Å². The minimum atomic E-state index is -0.338. The van der Waals surface area contributed by atoms with Crippen LogP contribution in [0.2, 0.25) is 0 Å². The summed E-state index contributed by atoms with van der Waals surface area (Å²) in [6, 6.07) is 6.91. The van der Waals surface area contributed by atoms with E-state index in [9.17, 15) is 4.39 Å². The molecule has 0 saturated carbocycles. The summed E-state index contributed by atoms with van der Waals surface area (Å²) in [5.41, 5.74) is 1.45. The number of aliphatic imine (C=N–C) groups is 1. The number of aromatic nitrogens is 1. The molecule has 138 valence electrons. The molecule has 0 fully saturated rings. The summed E-state index contributed by atoms with van der Waals surface area (Å²) < 4.78 is 14.0. The van der Waals surface area contributed by atoms with Crippen molar-refractivity contribution in [2.75, 3.05) is 20.1 Å². The normalized spacial score (nSPS) is 11.8. The number of nitrogens with zero attached hydrogens (tertiary/aromatic N) is 2. The molecule has 2 rings (SSSR count). The zero-order valence-electron chi connectivity index (χ0n) is 15.1. The van der Waals surface area contributed by atoms with Crippen molar-refractivity contribution in [1.29, 1.82) is 0 Å². The van der Waals surface area contributed by atoms with Crippen molar-refractivity contribution >= 4 is 41.3 Å². The van der Waals surface area contributed by atoms with Gasteiger partial charge in [-0.2, -0.15) is 0 Å². The number of hydrogen-bond donors (Lipinski definition) is 2. The molecule has 0 aliphatic rings. The summed E-state index contributed by atoms with van der Waals surface area (Å²) in [6.07, 6.45) is 0.849. The van der Waals surface area contributed by atoms with Crippen molar-refractivity contribution in [3.8, 4) is 0 Å². The minimum Gasteiger partial charge on any atom is -0.356 e. The van der Waals surface area contributed by atoms with Crippen LogP contribution in [0, 0.1) is 12.7 Å². The van der Waals surface area contributed by atoms with E-state index in [1.165, 1.54) is 6.07 Å². The molecular formula is C18H26FIN4S. The highest BCUT2D eigenvalue weighted by molar-refractivity contribution is 14.0. The van der Waals surface area contributed by atoms with Crippen LogP contribution in [0.5, 0.6) is 0 Å². The maximum atomic E-state index is 14.0. The summed E-state index contributed by atoms with van der Waals surface area (Å²) in [4.78, 5) is 8.67. The Balaban J connectivity index is 0.00000312. The van der Waals surface area contributed by atoms with Crippen molar-refractivity contribution in [2.24, 2.45) is 4.99 Å². The second-order valence-corrected chi connectivity index (χ2v) is 7.39. The average Bonchev–Trinajstić information content (AvgIpc) is 2.96. The fourth-order valence-corrected chi connectivity index (χ4v) is 3.11. The zero-order chi connectivity index (χ0) is 17.6. The molecule has 0 unspecified atom stereocenters. The quantitative estimate of drug-likeness (QED) is 0.378. The predicted molar refractivity (Wildman–Crippen MR) is 115 cm³/mol. The van der Waals surface area contributed by atoms with Gasteiger partial charge in [-0.25, -0.2) is 9.37 Å². The molecule has 0 aliphatic carbocycles. The molecule has 2 aromatic rings. The fourth-order valence-electron chi connectivity index (χ4n) is 2.46. The van der Waals surface area contributed by atoms with Crippen LogP contribution in [-0.4, -0.2) is 31.1 Å². The van der Waals surface area contributed by atoms with Gasteiger partial charge in [0.05, 0.1) is 10.7 Å².